The molecule has 0 saturated heterocycles. The van der Waals surface area contributed by atoms with Gasteiger partial charge in [0, 0.05) is 17.9 Å². The average molecular weight is 193 g/mol. The van der Waals surface area contributed by atoms with Crippen molar-refractivity contribution in [1.29, 1.82) is 0 Å². The van der Waals surface area contributed by atoms with Crippen LogP contribution < -0.4 is 0 Å². The van der Waals surface area contributed by atoms with Crippen LogP contribution in [0.4, 0.5) is 0 Å². The third-order valence-electron chi connectivity index (χ3n) is 2.26. The molecule has 0 aromatic rings. The lowest BCUT2D eigenvalue weighted by atomic mass is 10.1. The molecule has 0 radical (unpaired) electrons. The Balaban J connectivity index is 2.33. The van der Waals surface area contributed by atoms with Crippen molar-refractivity contribution < 1.29 is 4.74 Å². The van der Waals surface area contributed by atoms with Crippen LogP contribution in [0.1, 0.15) is 13.8 Å². The van der Waals surface area contributed by atoms with E-state index in [0.29, 0.717) is 10.2 Å². The maximum atomic E-state index is 5.04. The Morgan fingerprint density at radius 2 is 2.00 bits per heavy atom. The summed E-state index contributed by atoms with van der Waals surface area (Å²) in [6, 6.07) is 0. The average Bonchev–Trinajstić information content (AvgIpc) is 2.19. The molecule has 0 spiro atoms. The molecule has 1 nitrogen and oxygen atoms in total. The van der Waals surface area contributed by atoms with Crippen molar-refractivity contribution in [2.45, 2.75) is 18.7 Å². The fraction of sp³-hybridized carbons (Fsp3) is 1.00. The largest absolute Gasteiger partial charge is 0.384 e. The van der Waals surface area contributed by atoms with Crippen molar-refractivity contribution in [3.05, 3.63) is 0 Å². The lowest BCUT2D eigenvalue weighted by molar-refractivity contribution is 0.175. The van der Waals surface area contributed by atoms with Gasteiger partial charge in [0.05, 0.1) is 6.61 Å². The van der Waals surface area contributed by atoms with E-state index in [4.69, 9.17) is 4.74 Å². The Hall–Kier alpha value is 0.440. The van der Waals surface area contributed by atoms with Gasteiger partial charge in [-0.1, -0.05) is 29.8 Å². The first-order valence-electron chi connectivity index (χ1n) is 3.23. The molecule has 9 heavy (non-hydrogen) atoms. The molecule has 0 aromatic carbocycles. The van der Waals surface area contributed by atoms with Crippen LogP contribution in [0.3, 0.4) is 0 Å². The summed E-state index contributed by atoms with van der Waals surface area (Å²) in [4.78, 5) is 0.671. The monoisotopic (exact) mass is 192 g/mol. The zero-order valence-electron chi connectivity index (χ0n) is 6.15. The van der Waals surface area contributed by atoms with Gasteiger partial charge >= 0.3 is 0 Å². The molecule has 0 amide bonds. The summed E-state index contributed by atoms with van der Waals surface area (Å²) in [5.74, 6) is 0.725. The summed E-state index contributed by atoms with van der Waals surface area (Å²) in [5, 5.41) is 0. The second-order valence-electron chi connectivity index (χ2n) is 3.28. The molecule has 0 unspecified atom stereocenters. The standard InChI is InChI=1S/C7H13BrO/c1-7(2)5(4-9-3)6(7)8/h5-6H,4H2,1-3H3/t5-,6-/m0/s1. The van der Waals surface area contributed by atoms with Crippen molar-refractivity contribution in [3.63, 3.8) is 0 Å². The molecule has 0 aromatic heterocycles. The number of ether oxygens (including phenoxy) is 1. The fourth-order valence-corrected chi connectivity index (χ4v) is 2.18. The van der Waals surface area contributed by atoms with Crippen LogP contribution in [-0.2, 0) is 4.74 Å². The highest BCUT2D eigenvalue weighted by Crippen LogP contribution is 2.56. The van der Waals surface area contributed by atoms with Crippen molar-refractivity contribution >= 4 is 15.9 Å². The molecule has 0 N–H and O–H groups in total. The van der Waals surface area contributed by atoms with Crippen molar-refractivity contribution in [2.75, 3.05) is 13.7 Å². The lowest BCUT2D eigenvalue weighted by Gasteiger charge is -1.98. The van der Waals surface area contributed by atoms with Gasteiger partial charge < -0.3 is 4.74 Å². The highest BCUT2D eigenvalue weighted by atomic mass is 79.9. The van der Waals surface area contributed by atoms with Gasteiger partial charge in [-0.25, -0.2) is 0 Å². The van der Waals surface area contributed by atoms with Crippen LogP contribution in [0.2, 0.25) is 0 Å². The molecule has 1 rings (SSSR count). The van der Waals surface area contributed by atoms with Gasteiger partial charge in [0.25, 0.3) is 0 Å². The van der Waals surface area contributed by atoms with Crippen LogP contribution in [0.5, 0.6) is 0 Å². The van der Waals surface area contributed by atoms with Crippen LogP contribution in [-0.4, -0.2) is 18.5 Å². The quantitative estimate of drug-likeness (QED) is 0.610. The molecular formula is C7H13BrO. The molecule has 1 aliphatic carbocycles. The number of halogens is 1. The molecule has 1 saturated carbocycles. The summed E-state index contributed by atoms with van der Waals surface area (Å²) >= 11 is 3.59. The van der Waals surface area contributed by atoms with E-state index >= 15 is 0 Å². The van der Waals surface area contributed by atoms with Crippen molar-refractivity contribution in [1.82, 2.24) is 0 Å². The van der Waals surface area contributed by atoms with Crippen molar-refractivity contribution in [2.24, 2.45) is 11.3 Å². The molecule has 54 valence electrons. The zero-order chi connectivity index (χ0) is 7.07. The van der Waals surface area contributed by atoms with E-state index in [1.165, 1.54) is 0 Å². The lowest BCUT2D eigenvalue weighted by Crippen LogP contribution is -1.97. The van der Waals surface area contributed by atoms with E-state index in [2.05, 4.69) is 29.8 Å². The van der Waals surface area contributed by atoms with Gasteiger partial charge in [-0.3, -0.25) is 0 Å². The second-order valence-corrected chi connectivity index (χ2v) is 4.27. The number of hydrogen-bond acceptors (Lipinski definition) is 1. The van der Waals surface area contributed by atoms with Gasteiger partial charge in [-0.2, -0.15) is 0 Å². The second kappa shape index (κ2) is 2.24. The summed E-state index contributed by atoms with van der Waals surface area (Å²) in [6.45, 7) is 5.41. The van der Waals surface area contributed by atoms with Crippen LogP contribution >= 0.6 is 15.9 Å². The van der Waals surface area contributed by atoms with E-state index in [9.17, 15) is 0 Å². The first-order valence-corrected chi connectivity index (χ1v) is 4.15. The molecule has 2 heteroatoms. The molecule has 1 aliphatic rings. The van der Waals surface area contributed by atoms with E-state index in [1.54, 1.807) is 7.11 Å². The Morgan fingerprint density at radius 3 is 2.11 bits per heavy atom. The van der Waals surface area contributed by atoms with Gasteiger partial charge in [-0.05, 0) is 5.41 Å². The predicted octanol–water partition coefficient (Wildman–Crippen LogP) is 2.05. The Kier molecular flexibility index (Phi) is 1.88. The van der Waals surface area contributed by atoms with Crippen molar-refractivity contribution in [3.8, 4) is 0 Å². The first-order chi connectivity index (χ1) is 4.10. The minimum Gasteiger partial charge on any atom is -0.384 e. The summed E-state index contributed by atoms with van der Waals surface area (Å²) in [6.07, 6.45) is 0. The fourth-order valence-electron chi connectivity index (χ4n) is 1.16. The van der Waals surface area contributed by atoms with Gasteiger partial charge in [0.1, 0.15) is 0 Å². The maximum absolute atomic E-state index is 5.04. The third kappa shape index (κ3) is 1.15. The first kappa shape index (κ1) is 7.55. The number of methoxy groups -OCH3 is 1. The zero-order valence-corrected chi connectivity index (χ0v) is 7.73. The Morgan fingerprint density at radius 1 is 1.56 bits per heavy atom. The van der Waals surface area contributed by atoms with Crippen LogP contribution in [0.15, 0.2) is 0 Å². The SMILES string of the molecule is COC[C@H]1[C@H](Br)C1(C)C. The van der Waals surface area contributed by atoms with E-state index in [-0.39, 0.29) is 0 Å². The van der Waals surface area contributed by atoms with Crippen LogP contribution in [0, 0.1) is 11.3 Å². The summed E-state index contributed by atoms with van der Waals surface area (Å²) < 4.78 is 5.04. The highest BCUT2D eigenvalue weighted by Gasteiger charge is 2.55. The van der Waals surface area contributed by atoms with E-state index in [0.717, 1.165) is 12.5 Å². The Bertz CT molecular complexity index is 111. The van der Waals surface area contributed by atoms with E-state index in [1.807, 2.05) is 0 Å². The molecule has 1 fully saturated rings. The highest BCUT2D eigenvalue weighted by molar-refractivity contribution is 9.09. The molecule has 0 bridgehead atoms. The van der Waals surface area contributed by atoms with Gasteiger partial charge in [0.2, 0.25) is 0 Å². The van der Waals surface area contributed by atoms with E-state index < -0.39 is 0 Å². The molecule has 2 atom stereocenters. The predicted molar refractivity (Wildman–Crippen MR) is 41.9 cm³/mol. The minimum absolute atomic E-state index is 0.468. The Labute approximate surface area is 64.9 Å². The number of alkyl halides is 1. The van der Waals surface area contributed by atoms with Gasteiger partial charge in [-0.15, -0.1) is 0 Å². The maximum Gasteiger partial charge on any atom is 0.0506 e. The van der Waals surface area contributed by atoms with Crippen LogP contribution in [0.25, 0.3) is 0 Å². The topological polar surface area (TPSA) is 9.23 Å². The minimum atomic E-state index is 0.468. The third-order valence-corrected chi connectivity index (χ3v) is 4.07. The smallest absolute Gasteiger partial charge is 0.0506 e. The molecular weight excluding hydrogens is 180 g/mol. The normalized spacial score (nSPS) is 38.7. The van der Waals surface area contributed by atoms with Gasteiger partial charge in [0.15, 0.2) is 0 Å². The molecule has 0 aliphatic heterocycles. The number of rotatable bonds is 2. The molecule has 0 heterocycles. The number of hydrogen-bond donors (Lipinski definition) is 0. The summed E-state index contributed by atoms with van der Waals surface area (Å²) in [5.41, 5.74) is 0.468. The summed E-state index contributed by atoms with van der Waals surface area (Å²) in [7, 11) is 1.76.